The number of aliphatic hydroxyl groups is 1. The van der Waals surface area contributed by atoms with E-state index in [0.717, 1.165) is 43.6 Å². The summed E-state index contributed by atoms with van der Waals surface area (Å²) in [7, 11) is 4.90. The lowest BCUT2D eigenvalue weighted by Crippen LogP contribution is -2.61. The molecule has 2 bridgehead atoms. The molecular weight excluding hydrogens is 891 g/mol. The number of carbonyl (C=O) groups is 5. The Bertz CT molecular complexity index is 1830. The smallest absolute Gasteiger partial charge is 0.329 e. The Labute approximate surface area is 420 Å². The largest absolute Gasteiger partial charge is 0.460 e. The zero-order valence-corrected chi connectivity index (χ0v) is 45.0. The summed E-state index contributed by atoms with van der Waals surface area (Å²) in [6.45, 7) is 19.7. The van der Waals surface area contributed by atoms with Crippen LogP contribution in [0.1, 0.15) is 152 Å². The minimum atomic E-state index is -2.39. The van der Waals surface area contributed by atoms with E-state index < -0.39 is 59.6 Å². The third kappa shape index (κ3) is 16.6. The summed E-state index contributed by atoms with van der Waals surface area (Å²) in [6.07, 6.45) is 18.9. The molecule has 1 N–H and O–H groups in total. The Morgan fingerprint density at radius 3 is 2.16 bits per heavy atom. The van der Waals surface area contributed by atoms with Gasteiger partial charge in [0.25, 0.3) is 11.7 Å². The number of rotatable bonds is 6. The Morgan fingerprint density at radius 2 is 1.51 bits per heavy atom. The van der Waals surface area contributed by atoms with Gasteiger partial charge < -0.3 is 38.4 Å². The van der Waals surface area contributed by atoms with Crippen molar-refractivity contribution in [1.82, 2.24) is 4.90 Å². The van der Waals surface area contributed by atoms with Gasteiger partial charge in [-0.3, -0.25) is 19.2 Å². The minimum Gasteiger partial charge on any atom is -0.460 e. The molecule has 3 saturated heterocycles. The van der Waals surface area contributed by atoms with Gasteiger partial charge in [0.05, 0.1) is 18.3 Å². The molecule has 1 aliphatic carbocycles. The number of cyclic esters (lactones) is 1. The number of Topliss-reactive ketones (excluding diaryl/α,β-unsaturated/α-hetero) is 3. The van der Waals surface area contributed by atoms with Gasteiger partial charge in [-0.25, -0.2) is 4.79 Å². The van der Waals surface area contributed by atoms with Crippen LogP contribution in [0.25, 0.3) is 0 Å². The molecule has 4 heterocycles. The molecule has 5 rings (SSSR count). The number of nitrogens with zero attached hydrogens (tertiary/aromatic N) is 1. The lowest BCUT2D eigenvalue weighted by molar-refractivity contribution is -0.265. The number of hydrogen-bond donors (Lipinski definition) is 1. The van der Waals surface area contributed by atoms with Gasteiger partial charge in [-0.05, 0) is 120 Å². The van der Waals surface area contributed by atoms with Gasteiger partial charge in [0.15, 0.2) is 5.78 Å². The van der Waals surface area contributed by atoms with Crippen molar-refractivity contribution < 1.29 is 57.5 Å². The number of piperidine rings is 1. The molecule has 396 valence electrons. The predicted octanol–water partition coefficient (Wildman–Crippen LogP) is 9.53. The minimum absolute atomic E-state index is 0.0102. The van der Waals surface area contributed by atoms with Gasteiger partial charge in [-0.2, -0.15) is 0 Å². The van der Waals surface area contributed by atoms with E-state index in [1.165, 1.54) is 17.7 Å². The molecule has 70 heavy (non-hydrogen) atoms. The molecule has 13 heteroatoms. The standard InChI is InChI=1S/C53H83NO11.C4H8O/c1-32-18-14-13-15-19-33(2)46(62-11)30-42-24-22-39(8)53(60,65-42)50(57)51(58)54-25-17-16-20-43(54)52(59)64-47(37(6)28-41-23-21-34(3)45(29-41)61-10)31-44(55)36(5)27-35(4)40(9)49(63-12)48(56)38(7)26-32;1-2-4-5-3-1/h13-15,18-19,27,32,34,36-43,45-47,49,60H,16-17,20-26,28-31H2,1-12H3;1-4H2/b15-13+,18-14+,33-19+,35-27+;/t32-,34-,36-,37-,38-,39-,40-,41+,42+,43+,45-,46+,47?,49-,53-;/m1./s1. The molecule has 4 fully saturated rings. The quantitative estimate of drug-likeness (QED) is 0.153. The van der Waals surface area contributed by atoms with Crippen molar-refractivity contribution in [2.45, 2.75) is 195 Å². The lowest BCUT2D eigenvalue weighted by atomic mass is 9.76. The SMILES string of the molecule is C1CCOC1.CO[C@H]1C[C@@H]2CC[C@@H](C)[C@@](O)(O2)C(=O)C(=O)N2CCCC[C@H]2C(=O)OC([C@H](C)C[C@@H]2CC[C@@H](C)[C@H](OC)C2)CC(=O)[C@H](C)/C=C(\C)[C@@H](C)[C@@H](OC)C(=O)[C@H](C)C[C@H](C)/C=C/C=C/C=C/1C. The predicted molar refractivity (Wildman–Crippen MR) is 272 cm³/mol. The summed E-state index contributed by atoms with van der Waals surface area (Å²) >= 11 is 0. The van der Waals surface area contributed by atoms with E-state index in [0.29, 0.717) is 56.8 Å². The van der Waals surface area contributed by atoms with Crippen molar-refractivity contribution in [3.8, 4) is 0 Å². The van der Waals surface area contributed by atoms with Crippen molar-refractivity contribution >= 4 is 29.2 Å². The van der Waals surface area contributed by atoms with E-state index in [-0.39, 0.29) is 66.8 Å². The fraction of sp³-hybridized carbons (Fsp3) is 0.772. The van der Waals surface area contributed by atoms with E-state index in [2.05, 4.69) is 19.9 Å². The number of allylic oxidation sites excluding steroid dienone is 6. The fourth-order valence-electron chi connectivity index (χ4n) is 11.1. The maximum Gasteiger partial charge on any atom is 0.329 e. The molecule has 4 aliphatic heterocycles. The van der Waals surface area contributed by atoms with Gasteiger partial charge >= 0.3 is 5.97 Å². The molecule has 0 aromatic heterocycles. The molecule has 0 spiro atoms. The maximum absolute atomic E-state index is 14.4. The van der Waals surface area contributed by atoms with Crippen molar-refractivity contribution in [2.24, 2.45) is 47.3 Å². The van der Waals surface area contributed by atoms with Gasteiger partial charge in [-0.15, -0.1) is 0 Å². The number of methoxy groups -OCH3 is 3. The summed E-state index contributed by atoms with van der Waals surface area (Å²) in [5.74, 6) is -6.38. The highest BCUT2D eigenvalue weighted by atomic mass is 16.6. The van der Waals surface area contributed by atoms with E-state index in [1.807, 2.05) is 71.9 Å². The zero-order chi connectivity index (χ0) is 51.7. The first-order chi connectivity index (χ1) is 33.2. The first-order valence-electron chi connectivity index (χ1n) is 26.6. The fourth-order valence-corrected chi connectivity index (χ4v) is 11.1. The highest BCUT2D eigenvalue weighted by Gasteiger charge is 2.53. The average molecular weight is 982 g/mol. The topological polar surface area (TPSA) is 164 Å². The highest BCUT2D eigenvalue weighted by Crippen LogP contribution is 2.38. The molecule has 1 amide bonds. The van der Waals surface area contributed by atoms with Crippen LogP contribution >= 0.6 is 0 Å². The Balaban J connectivity index is 0.00000200. The van der Waals surface area contributed by atoms with Crippen LogP contribution in [0.2, 0.25) is 0 Å². The van der Waals surface area contributed by atoms with Crippen LogP contribution < -0.4 is 0 Å². The first kappa shape index (κ1) is 59.2. The second kappa shape index (κ2) is 28.8. The van der Waals surface area contributed by atoms with Crippen LogP contribution in [0.5, 0.6) is 0 Å². The number of esters is 1. The zero-order valence-electron chi connectivity index (χ0n) is 45.0. The molecule has 5 aliphatic rings. The summed E-state index contributed by atoms with van der Waals surface area (Å²) in [5, 5.41) is 12.0. The third-order valence-electron chi connectivity index (χ3n) is 16.1. The molecule has 0 radical (unpaired) electrons. The number of ether oxygens (including phenoxy) is 6. The van der Waals surface area contributed by atoms with Crippen molar-refractivity contribution in [3.63, 3.8) is 0 Å². The summed E-state index contributed by atoms with van der Waals surface area (Å²) in [5.41, 5.74) is 1.77. The number of ketones is 3. The third-order valence-corrected chi connectivity index (χ3v) is 16.1. The highest BCUT2D eigenvalue weighted by molar-refractivity contribution is 6.39. The monoisotopic (exact) mass is 982 g/mol. The van der Waals surface area contributed by atoms with Gasteiger partial charge in [0.1, 0.15) is 24.0 Å². The summed E-state index contributed by atoms with van der Waals surface area (Å²) < 4.78 is 35.0. The average Bonchev–Trinajstić information content (AvgIpc) is 3.94. The van der Waals surface area contributed by atoms with Crippen molar-refractivity contribution in [3.05, 3.63) is 47.6 Å². The summed E-state index contributed by atoms with van der Waals surface area (Å²) in [6, 6.07) is -1.07. The number of fused-ring (bicyclic) bond motifs is 3. The van der Waals surface area contributed by atoms with Crippen LogP contribution in [-0.4, -0.2) is 123 Å². The van der Waals surface area contributed by atoms with Crippen LogP contribution in [-0.2, 0) is 52.4 Å². The molecule has 15 atom stereocenters. The van der Waals surface area contributed by atoms with E-state index >= 15 is 0 Å². The number of carbonyl (C=O) groups excluding carboxylic acids is 5. The van der Waals surface area contributed by atoms with Crippen molar-refractivity contribution in [2.75, 3.05) is 41.1 Å². The van der Waals surface area contributed by atoms with Gasteiger partial charge in [0, 0.05) is 77.6 Å². The second-order valence-corrected chi connectivity index (χ2v) is 21.7. The van der Waals surface area contributed by atoms with Gasteiger partial charge in [-0.1, -0.05) is 90.5 Å². The lowest BCUT2D eigenvalue weighted by Gasteiger charge is -2.42. The Hall–Kier alpha value is -3.33. The normalized spacial score (nSPS) is 39.2. The van der Waals surface area contributed by atoms with E-state index in [4.69, 9.17) is 28.4 Å². The first-order valence-corrected chi connectivity index (χ1v) is 26.6. The molecule has 1 unspecified atom stereocenters. The molecule has 1 saturated carbocycles. The number of amides is 1. The second-order valence-electron chi connectivity index (χ2n) is 21.7. The van der Waals surface area contributed by atoms with Gasteiger partial charge in [0.2, 0.25) is 5.79 Å². The van der Waals surface area contributed by atoms with Crippen LogP contribution in [0.15, 0.2) is 47.6 Å². The maximum atomic E-state index is 14.4. The van der Waals surface area contributed by atoms with Crippen LogP contribution in [0.4, 0.5) is 0 Å². The molecule has 13 nitrogen and oxygen atoms in total. The molecule has 0 aromatic carbocycles. The summed E-state index contributed by atoms with van der Waals surface area (Å²) in [4.78, 5) is 72.3. The van der Waals surface area contributed by atoms with Crippen molar-refractivity contribution in [1.29, 1.82) is 0 Å². The Kier molecular flexibility index (Phi) is 24.4. The van der Waals surface area contributed by atoms with E-state index in [1.54, 1.807) is 28.3 Å². The van der Waals surface area contributed by atoms with Crippen LogP contribution in [0, 0.1) is 47.3 Å². The molecule has 0 aromatic rings. The van der Waals surface area contributed by atoms with Crippen LogP contribution in [0.3, 0.4) is 0 Å². The number of hydrogen-bond acceptors (Lipinski definition) is 12. The molecular formula is C57H91NO12. The van der Waals surface area contributed by atoms with E-state index in [9.17, 15) is 29.1 Å². The Morgan fingerprint density at radius 1 is 0.800 bits per heavy atom.